The number of nitrogens with two attached hydrogens (primary N) is 1. The number of fused-ring (bicyclic) bond motifs is 2. The van der Waals surface area contributed by atoms with Crippen molar-refractivity contribution in [2.45, 2.75) is 52.1 Å². The molecule has 182 valence electrons. The summed E-state index contributed by atoms with van der Waals surface area (Å²) in [5, 5.41) is 6.11. The summed E-state index contributed by atoms with van der Waals surface area (Å²) < 4.78 is 9.89. The third-order valence-electron chi connectivity index (χ3n) is 7.40. The molecule has 4 aromatic heterocycles. The summed E-state index contributed by atoms with van der Waals surface area (Å²) in [5.74, 6) is 1.31. The number of rotatable bonds is 5. The fraction of sp³-hybridized carbons (Fsp3) is 0.444. The number of piperidine rings is 1. The van der Waals surface area contributed by atoms with Crippen LogP contribution in [0.4, 0.5) is 0 Å². The Balaban J connectivity index is 1.48. The van der Waals surface area contributed by atoms with Gasteiger partial charge >= 0.3 is 0 Å². The highest BCUT2D eigenvalue weighted by Gasteiger charge is 2.28. The van der Waals surface area contributed by atoms with Gasteiger partial charge in [0, 0.05) is 48.5 Å². The van der Waals surface area contributed by atoms with Gasteiger partial charge in [0.2, 0.25) is 0 Å². The zero-order valence-corrected chi connectivity index (χ0v) is 20.6. The van der Waals surface area contributed by atoms with Crippen LogP contribution in [0.2, 0.25) is 0 Å². The van der Waals surface area contributed by atoms with Crippen LogP contribution < -0.4 is 10.5 Å². The molecule has 0 spiro atoms. The lowest BCUT2D eigenvalue weighted by Crippen LogP contribution is -2.45. The molecule has 0 aromatic carbocycles. The molecule has 0 radical (unpaired) electrons. The van der Waals surface area contributed by atoms with E-state index in [9.17, 15) is 4.79 Å². The zero-order valence-electron chi connectivity index (χ0n) is 20.6. The van der Waals surface area contributed by atoms with E-state index in [0.717, 1.165) is 65.1 Å². The van der Waals surface area contributed by atoms with E-state index in [1.54, 1.807) is 11.6 Å². The number of methoxy groups -OCH3 is 1. The maximum absolute atomic E-state index is 13.3. The minimum atomic E-state index is -0.0300. The second-order valence-electron chi connectivity index (χ2n) is 10.2. The summed E-state index contributed by atoms with van der Waals surface area (Å²) in [6.45, 7) is 6.35. The number of amides is 1. The van der Waals surface area contributed by atoms with Crippen molar-refractivity contribution in [1.82, 2.24) is 24.1 Å². The molecule has 1 saturated heterocycles. The highest BCUT2D eigenvalue weighted by molar-refractivity contribution is 5.96. The molecule has 35 heavy (non-hydrogen) atoms. The molecular formula is C27H32N6O2. The average Bonchev–Trinajstić information content (AvgIpc) is 3.53. The van der Waals surface area contributed by atoms with Crippen LogP contribution in [0.3, 0.4) is 0 Å². The largest absolute Gasteiger partial charge is 0.494 e. The van der Waals surface area contributed by atoms with E-state index in [2.05, 4.69) is 29.7 Å². The number of ether oxygens (including phenoxy) is 1. The molecule has 1 amide bonds. The van der Waals surface area contributed by atoms with Crippen molar-refractivity contribution in [3.8, 4) is 17.1 Å². The van der Waals surface area contributed by atoms with E-state index in [-0.39, 0.29) is 11.9 Å². The number of aryl methyl sites for hydroxylation is 2. The molecule has 1 aliphatic heterocycles. The van der Waals surface area contributed by atoms with Gasteiger partial charge in [-0.1, -0.05) is 0 Å². The summed E-state index contributed by atoms with van der Waals surface area (Å²) in [4.78, 5) is 20.0. The summed E-state index contributed by atoms with van der Waals surface area (Å²) in [5.41, 5.74) is 12.6. The van der Waals surface area contributed by atoms with Gasteiger partial charge in [-0.15, -0.1) is 0 Å². The Morgan fingerprint density at radius 3 is 2.77 bits per heavy atom. The molecule has 5 heterocycles. The van der Waals surface area contributed by atoms with Gasteiger partial charge in [-0.3, -0.25) is 4.79 Å². The Hall–Kier alpha value is -3.39. The average molecular weight is 473 g/mol. The first-order valence-corrected chi connectivity index (χ1v) is 12.5. The van der Waals surface area contributed by atoms with Crippen LogP contribution in [-0.2, 0) is 6.54 Å². The van der Waals surface area contributed by atoms with E-state index >= 15 is 0 Å². The lowest BCUT2D eigenvalue weighted by Gasteiger charge is -2.30. The molecule has 0 unspecified atom stereocenters. The molecule has 8 nitrogen and oxygen atoms in total. The first-order valence-electron chi connectivity index (χ1n) is 12.5. The molecule has 2 aliphatic rings. The van der Waals surface area contributed by atoms with Gasteiger partial charge in [0.25, 0.3) is 5.91 Å². The Bertz CT molecular complexity index is 1450. The number of hydrogen-bond donors (Lipinski definition) is 1. The van der Waals surface area contributed by atoms with Gasteiger partial charge in [-0.25, -0.2) is 9.50 Å². The predicted molar refractivity (Wildman–Crippen MR) is 136 cm³/mol. The van der Waals surface area contributed by atoms with Crippen LogP contribution in [-0.4, -0.2) is 56.2 Å². The van der Waals surface area contributed by atoms with Gasteiger partial charge in [0.15, 0.2) is 0 Å². The van der Waals surface area contributed by atoms with Crippen LogP contribution in [0.25, 0.3) is 27.9 Å². The normalized spacial score (nSPS) is 18.5. The molecule has 4 aromatic rings. The summed E-state index contributed by atoms with van der Waals surface area (Å²) in [6, 6.07) is 8.24. The molecule has 1 saturated carbocycles. The first kappa shape index (κ1) is 22.1. The zero-order chi connectivity index (χ0) is 24.3. The number of carbonyl (C=O) groups excluding carboxylic acids is 1. The fourth-order valence-corrected chi connectivity index (χ4v) is 5.34. The molecule has 6 rings (SSSR count). The van der Waals surface area contributed by atoms with Crippen molar-refractivity contribution in [3.63, 3.8) is 0 Å². The van der Waals surface area contributed by atoms with Crippen LogP contribution in [0.5, 0.6) is 5.75 Å². The molecule has 8 heteroatoms. The summed E-state index contributed by atoms with van der Waals surface area (Å²) in [6.07, 6.45) is 6.23. The SMILES string of the molecule is COc1cc(C(=O)N2CCC[C@@H](N)C2)cn2nc(-c3cc4ccc(C)nc4n3CC3CC3)c(C)c12. The van der Waals surface area contributed by atoms with Crippen LogP contribution in [0, 0.1) is 19.8 Å². The molecule has 1 aliphatic carbocycles. The molecule has 0 bridgehead atoms. The van der Waals surface area contributed by atoms with Crippen molar-refractivity contribution < 1.29 is 9.53 Å². The lowest BCUT2D eigenvalue weighted by atomic mass is 10.1. The monoisotopic (exact) mass is 472 g/mol. The standard InChI is InChI=1S/C27H32N6O2/c1-16-6-9-19-11-22(32(26(19)29-16)13-18-7-8-18)24-17(2)25-23(35-3)12-20(14-33(25)30-24)27(34)31-10-4-5-21(28)15-31/h6,9,11-12,14,18,21H,4-5,7-8,10,13,15,28H2,1-3H3/t21-/m1/s1. The minimum Gasteiger partial charge on any atom is -0.494 e. The van der Waals surface area contributed by atoms with Crippen molar-refractivity contribution in [2.75, 3.05) is 20.2 Å². The summed E-state index contributed by atoms with van der Waals surface area (Å²) >= 11 is 0. The van der Waals surface area contributed by atoms with E-state index in [1.165, 1.54) is 12.8 Å². The van der Waals surface area contributed by atoms with Gasteiger partial charge in [-0.2, -0.15) is 5.10 Å². The maximum atomic E-state index is 13.3. The number of nitrogens with zero attached hydrogens (tertiary/aromatic N) is 5. The minimum absolute atomic E-state index is 0.0300. The second-order valence-corrected chi connectivity index (χ2v) is 10.2. The van der Waals surface area contributed by atoms with Gasteiger partial charge in [0.1, 0.15) is 22.6 Å². The highest BCUT2D eigenvalue weighted by atomic mass is 16.5. The topological polar surface area (TPSA) is 90.7 Å². The third-order valence-corrected chi connectivity index (χ3v) is 7.40. The van der Waals surface area contributed by atoms with Crippen LogP contribution in [0.15, 0.2) is 30.5 Å². The van der Waals surface area contributed by atoms with Crippen LogP contribution in [0.1, 0.15) is 47.3 Å². The predicted octanol–water partition coefficient (Wildman–Crippen LogP) is 3.95. The van der Waals surface area contributed by atoms with Crippen molar-refractivity contribution in [3.05, 3.63) is 47.3 Å². The maximum Gasteiger partial charge on any atom is 0.255 e. The van der Waals surface area contributed by atoms with Crippen molar-refractivity contribution in [2.24, 2.45) is 11.7 Å². The van der Waals surface area contributed by atoms with Crippen LogP contribution >= 0.6 is 0 Å². The van der Waals surface area contributed by atoms with Crippen molar-refractivity contribution >= 4 is 22.5 Å². The second kappa shape index (κ2) is 8.37. The lowest BCUT2D eigenvalue weighted by molar-refractivity contribution is 0.0708. The van der Waals surface area contributed by atoms with E-state index in [1.807, 2.05) is 24.1 Å². The van der Waals surface area contributed by atoms with Crippen molar-refractivity contribution in [1.29, 1.82) is 0 Å². The number of pyridine rings is 2. The van der Waals surface area contributed by atoms with E-state index < -0.39 is 0 Å². The Morgan fingerprint density at radius 1 is 1.20 bits per heavy atom. The van der Waals surface area contributed by atoms with Gasteiger partial charge in [-0.05, 0) is 69.7 Å². The molecular weight excluding hydrogens is 440 g/mol. The number of likely N-dealkylation sites (tertiary alicyclic amines) is 1. The Morgan fingerprint density at radius 2 is 2.03 bits per heavy atom. The van der Waals surface area contributed by atoms with E-state index in [0.29, 0.717) is 23.8 Å². The smallest absolute Gasteiger partial charge is 0.255 e. The third kappa shape index (κ3) is 3.86. The number of aromatic nitrogens is 4. The molecule has 1 atom stereocenters. The number of carbonyl (C=O) groups is 1. The summed E-state index contributed by atoms with van der Waals surface area (Å²) in [7, 11) is 1.64. The van der Waals surface area contributed by atoms with Gasteiger partial charge in [0.05, 0.1) is 18.4 Å². The Kier molecular flexibility index (Phi) is 5.29. The molecule has 2 fully saturated rings. The first-order chi connectivity index (χ1) is 16.9. The molecule has 2 N–H and O–H groups in total. The Labute approximate surface area is 204 Å². The highest BCUT2D eigenvalue weighted by Crippen LogP contribution is 2.38. The van der Waals surface area contributed by atoms with E-state index in [4.69, 9.17) is 20.6 Å². The van der Waals surface area contributed by atoms with Gasteiger partial charge < -0.3 is 19.9 Å². The quantitative estimate of drug-likeness (QED) is 0.475. The number of hydrogen-bond acceptors (Lipinski definition) is 5. The fourth-order valence-electron chi connectivity index (χ4n) is 5.34.